The van der Waals surface area contributed by atoms with Gasteiger partial charge in [-0.3, -0.25) is 9.59 Å². The van der Waals surface area contributed by atoms with E-state index in [-0.39, 0.29) is 18.3 Å². The number of hydrogen-bond donors (Lipinski definition) is 2. The Morgan fingerprint density at radius 1 is 1.18 bits per heavy atom. The van der Waals surface area contributed by atoms with Crippen LogP contribution in [0, 0.1) is 0 Å². The fraction of sp³-hybridized carbons (Fsp3) is 0.250. The van der Waals surface area contributed by atoms with Gasteiger partial charge in [-0.15, -0.1) is 0 Å². The van der Waals surface area contributed by atoms with Crippen molar-refractivity contribution < 1.29 is 24.2 Å². The lowest BCUT2D eigenvalue weighted by atomic mass is 10.2. The fourth-order valence-corrected chi connectivity index (χ4v) is 2.58. The number of ether oxygens (including phenoxy) is 2. The van der Waals surface area contributed by atoms with Crippen molar-refractivity contribution in [3.05, 3.63) is 59.7 Å². The van der Waals surface area contributed by atoms with Crippen LogP contribution in [0.2, 0.25) is 0 Å². The molecule has 3 rings (SSSR count). The number of nitrogens with one attached hydrogen (secondary N) is 1. The van der Waals surface area contributed by atoms with Gasteiger partial charge in [0.15, 0.2) is 6.61 Å². The van der Waals surface area contributed by atoms with E-state index >= 15 is 0 Å². The fourth-order valence-electron chi connectivity index (χ4n) is 2.58. The molecule has 0 unspecified atom stereocenters. The van der Waals surface area contributed by atoms with Gasteiger partial charge in [0, 0.05) is 18.7 Å². The van der Waals surface area contributed by atoms with Crippen LogP contribution in [0.4, 0.5) is 0 Å². The summed E-state index contributed by atoms with van der Waals surface area (Å²) in [7, 11) is 0. The number of rotatable bonds is 6. The second-order valence-electron chi connectivity index (χ2n) is 6.10. The first-order valence-corrected chi connectivity index (χ1v) is 8.82. The van der Waals surface area contributed by atoms with Crippen molar-refractivity contribution in [3.63, 3.8) is 0 Å². The van der Waals surface area contributed by atoms with Crippen LogP contribution in [-0.2, 0) is 9.53 Å². The van der Waals surface area contributed by atoms with Gasteiger partial charge in [-0.05, 0) is 48.0 Å². The Kier molecular flexibility index (Phi) is 6.59. The van der Waals surface area contributed by atoms with Gasteiger partial charge in [0.2, 0.25) is 0 Å². The van der Waals surface area contributed by atoms with E-state index in [1.54, 1.807) is 41.3 Å². The van der Waals surface area contributed by atoms with Crippen molar-refractivity contribution in [1.82, 2.24) is 10.3 Å². The quantitative estimate of drug-likeness (QED) is 0.580. The summed E-state index contributed by atoms with van der Waals surface area (Å²) >= 11 is 0. The average molecular weight is 383 g/mol. The molecule has 2 aromatic carbocycles. The zero-order valence-corrected chi connectivity index (χ0v) is 15.2. The maximum atomic E-state index is 12.0. The molecule has 1 saturated heterocycles. The normalized spacial score (nSPS) is 14.1. The van der Waals surface area contributed by atoms with E-state index in [1.807, 2.05) is 0 Å². The van der Waals surface area contributed by atoms with Gasteiger partial charge in [0.1, 0.15) is 11.5 Å². The molecule has 2 amide bonds. The standard InChI is InChI=1S/C20H21N3O5/c24-17-3-1-2-16(12-17)20(26)22-21-13-15-4-6-18(7-5-15)28-14-19(25)23-8-10-27-11-9-23/h1-7,12-13,24H,8-11,14H2,(H,22,26)/b21-13-. The molecule has 0 saturated carbocycles. The molecule has 1 aliphatic heterocycles. The number of benzene rings is 2. The number of carbonyl (C=O) groups excluding carboxylic acids is 2. The Bertz CT molecular complexity index is 845. The molecule has 8 heteroatoms. The molecular formula is C20H21N3O5. The number of hydrogen-bond acceptors (Lipinski definition) is 6. The second-order valence-corrected chi connectivity index (χ2v) is 6.10. The zero-order valence-electron chi connectivity index (χ0n) is 15.2. The molecule has 0 spiro atoms. The van der Waals surface area contributed by atoms with Gasteiger partial charge in [-0.2, -0.15) is 5.10 Å². The molecule has 2 N–H and O–H groups in total. The van der Waals surface area contributed by atoms with E-state index in [2.05, 4.69) is 10.5 Å². The van der Waals surface area contributed by atoms with Gasteiger partial charge in [-0.1, -0.05) is 6.07 Å². The number of phenols is 1. The largest absolute Gasteiger partial charge is 0.508 e. The lowest BCUT2D eigenvalue weighted by Crippen LogP contribution is -2.42. The van der Waals surface area contributed by atoms with Crippen LogP contribution in [0.1, 0.15) is 15.9 Å². The summed E-state index contributed by atoms with van der Waals surface area (Å²) in [4.78, 5) is 25.7. The lowest BCUT2D eigenvalue weighted by molar-refractivity contribution is -0.137. The van der Waals surface area contributed by atoms with Crippen molar-refractivity contribution in [2.45, 2.75) is 0 Å². The van der Waals surface area contributed by atoms with Gasteiger partial charge >= 0.3 is 0 Å². The monoisotopic (exact) mass is 383 g/mol. The highest BCUT2D eigenvalue weighted by atomic mass is 16.5. The van der Waals surface area contributed by atoms with Crippen LogP contribution in [-0.4, -0.2) is 60.9 Å². The molecule has 8 nitrogen and oxygen atoms in total. The number of amides is 2. The van der Waals surface area contributed by atoms with Gasteiger partial charge in [0.05, 0.1) is 19.4 Å². The molecule has 0 aromatic heterocycles. The third-order valence-corrected chi connectivity index (χ3v) is 4.09. The molecule has 1 fully saturated rings. The van der Waals surface area contributed by atoms with Crippen LogP contribution in [0.15, 0.2) is 53.6 Å². The highest BCUT2D eigenvalue weighted by Gasteiger charge is 2.17. The van der Waals surface area contributed by atoms with Crippen LogP contribution in [0.25, 0.3) is 0 Å². The Hall–Kier alpha value is -3.39. The zero-order chi connectivity index (χ0) is 19.8. The van der Waals surface area contributed by atoms with Crippen LogP contribution in [0.3, 0.4) is 0 Å². The van der Waals surface area contributed by atoms with E-state index < -0.39 is 5.91 Å². The van der Waals surface area contributed by atoms with E-state index in [0.717, 1.165) is 5.56 Å². The summed E-state index contributed by atoms with van der Waals surface area (Å²) in [5.41, 5.74) is 3.46. The maximum absolute atomic E-state index is 12.0. The third-order valence-electron chi connectivity index (χ3n) is 4.09. The summed E-state index contributed by atoms with van der Waals surface area (Å²) in [6.45, 7) is 2.27. The predicted octanol–water partition coefficient (Wildman–Crippen LogP) is 1.39. The Morgan fingerprint density at radius 2 is 1.93 bits per heavy atom. The van der Waals surface area contributed by atoms with Crippen molar-refractivity contribution in [3.8, 4) is 11.5 Å². The Morgan fingerprint density at radius 3 is 2.64 bits per heavy atom. The average Bonchev–Trinajstić information content (AvgIpc) is 2.73. The number of aromatic hydroxyl groups is 1. The minimum absolute atomic E-state index is 0.0133. The summed E-state index contributed by atoms with van der Waals surface area (Å²) in [6, 6.07) is 13.0. The number of hydrazone groups is 1. The number of nitrogens with zero attached hydrogens (tertiary/aromatic N) is 2. The highest BCUT2D eigenvalue weighted by Crippen LogP contribution is 2.12. The predicted molar refractivity (Wildman–Crippen MR) is 103 cm³/mol. The highest BCUT2D eigenvalue weighted by molar-refractivity contribution is 5.95. The van der Waals surface area contributed by atoms with Crippen LogP contribution >= 0.6 is 0 Å². The van der Waals surface area contributed by atoms with Crippen LogP contribution < -0.4 is 10.2 Å². The van der Waals surface area contributed by atoms with Gasteiger partial charge in [-0.25, -0.2) is 5.43 Å². The number of carbonyl (C=O) groups is 2. The van der Waals surface area contributed by atoms with E-state index in [0.29, 0.717) is 37.6 Å². The van der Waals surface area contributed by atoms with Crippen molar-refractivity contribution in [1.29, 1.82) is 0 Å². The molecular weight excluding hydrogens is 362 g/mol. The molecule has 2 aromatic rings. The van der Waals surface area contributed by atoms with Gasteiger partial charge < -0.3 is 19.5 Å². The molecule has 0 radical (unpaired) electrons. The Balaban J connectivity index is 1.46. The molecule has 1 heterocycles. The summed E-state index contributed by atoms with van der Waals surface area (Å²) in [6.07, 6.45) is 1.49. The topological polar surface area (TPSA) is 100 Å². The number of morpholine rings is 1. The first kappa shape index (κ1) is 19.4. The van der Waals surface area contributed by atoms with E-state index in [9.17, 15) is 14.7 Å². The summed E-state index contributed by atoms with van der Waals surface area (Å²) in [5.74, 6) is 0.0965. The molecule has 0 aliphatic carbocycles. The lowest BCUT2D eigenvalue weighted by Gasteiger charge is -2.26. The van der Waals surface area contributed by atoms with E-state index in [4.69, 9.17) is 9.47 Å². The SMILES string of the molecule is O=C(N/N=C\c1ccc(OCC(=O)N2CCOCC2)cc1)c1cccc(O)c1. The van der Waals surface area contributed by atoms with E-state index in [1.165, 1.54) is 18.3 Å². The van der Waals surface area contributed by atoms with Gasteiger partial charge in [0.25, 0.3) is 11.8 Å². The smallest absolute Gasteiger partial charge is 0.271 e. The minimum atomic E-state index is -0.422. The minimum Gasteiger partial charge on any atom is -0.508 e. The molecule has 146 valence electrons. The third kappa shape index (κ3) is 5.55. The van der Waals surface area contributed by atoms with Crippen molar-refractivity contribution in [2.75, 3.05) is 32.9 Å². The Labute approximate surface area is 162 Å². The van der Waals surface area contributed by atoms with Crippen molar-refractivity contribution in [2.24, 2.45) is 5.10 Å². The summed E-state index contributed by atoms with van der Waals surface area (Å²) < 4.78 is 10.7. The first-order chi connectivity index (χ1) is 13.6. The number of phenolic OH excluding ortho intramolecular Hbond substituents is 1. The molecule has 0 bridgehead atoms. The molecule has 0 atom stereocenters. The molecule has 28 heavy (non-hydrogen) atoms. The maximum Gasteiger partial charge on any atom is 0.271 e. The van der Waals surface area contributed by atoms with Crippen molar-refractivity contribution >= 4 is 18.0 Å². The first-order valence-electron chi connectivity index (χ1n) is 8.82. The summed E-state index contributed by atoms with van der Waals surface area (Å²) in [5, 5.41) is 13.3. The van der Waals surface area contributed by atoms with Crippen LogP contribution in [0.5, 0.6) is 11.5 Å². The second kappa shape index (κ2) is 9.52. The molecule has 1 aliphatic rings.